The van der Waals surface area contributed by atoms with Crippen molar-refractivity contribution >= 4 is 9.84 Å². The smallest absolute Gasteiger partial charge is 0.216 e. The molecule has 2 aliphatic heterocycles. The maximum Gasteiger partial charge on any atom is 0.216 e. The van der Waals surface area contributed by atoms with Crippen LogP contribution in [0.4, 0.5) is 4.39 Å². The van der Waals surface area contributed by atoms with Gasteiger partial charge in [0.25, 0.3) is 0 Å². The van der Waals surface area contributed by atoms with Crippen LogP contribution in [0.3, 0.4) is 0 Å². The zero-order chi connectivity index (χ0) is 18.1. The summed E-state index contributed by atoms with van der Waals surface area (Å²) in [5.74, 6) is 0.238. The van der Waals surface area contributed by atoms with Crippen LogP contribution in [-0.2, 0) is 9.84 Å². The van der Waals surface area contributed by atoms with Gasteiger partial charge in [0.15, 0.2) is 17.5 Å². The number of piperidine rings is 1. The molecule has 26 heavy (non-hydrogen) atoms. The minimum absolute atomic E-state index is 0.184. The molecule has 0 bridgehead atoms. The van der Waals surface area contributed by atoms with Crippen molar-refractivity contribution in [3.63, 3.8) is 0 Å². The van der Waals surface area contributed by atoms with Crippen LogP contribution in [0, 0.1) is 11.7 Å². The number of nitrogens with one attached hydrogen (secondary N) is 1. The van der Waals surface area contributed by atoms with Crippen LogP contribution in [0.1, 0.15) is 12.8 Å². The van der Waals surface area contributed by atoms with Crippen molar-refractivity contribution in [2.75, 3.05) is 25.6 Å². The highest BCUT2D eigenvalue weighted by Crippen LogP contribution is 2.36. The summed E-state index contributed by atoms with van der Waals surface area (Å²) in [4.78, 5) is 0.184. The van der Waals surface area contributed by atoms with E-state index in [-0.39, 0.29) is 16.6 Å². The molecule has 2 aromatic rings. The van der Waals surface area contributed by atoms with Crippen LogP contribution in [0.5, 0.6) is 11.5 Å². The highest BCUT2D eigenvalue weighted by atomic mass is 32.2. The topological polar surface area (TPSA) is 64.6 Å². The number of sulfone groups is 1. The lowest BCUT2D eigenvalue weighted by molar-refractivity contribution is 0.208. The van der Waals surface area contributed by atoms with Gasteiger partial charge in [0, 0.05) is 0 Å². The minimum Gasteiger partial charge on any atom is -0.490 e. The van der Waals surface area contributed by atoms with E-state index in [0.29, 0.717) is 29.4 Å². The summed E-state index contributed by atoms with van der Waals surface area (Å²) in [5.41, 5.74) is 1.34. The molecule has 0 aliphatic carbocycles. The van der Waals surface area contributed by atoms with Gasteiger partial charge in [-0.05, 0) is 67.2 Å². The third-order valence-electron chi connectivity index (χ3n) is 4.85. The molecule has 1 saturated heterocycles. The van der Waals surface area contributed by atoms with Gasteiger partial charge >= 0.3 is 0 Å². The quantitative estimate of drug-likeness (QED) is 0.887. The van der Waals surface area contributed by atoms with Gasteiger partial charge in [0.2, 0.25) is 9.84 Å². The molecule has 1 N–H and O–H groups in total. The van der Waals surface area contributed by atoms with E-state index in [2.05, 4.69) is 5.32 Å². The van der Waals surface area contributed by atoms with Crippen molar-refractivity contribution in [3.05, 3.63) is 42.2 Å². The van der Waals surface area contributed by atoms with Crippen molar-refractivity contribution in [2.45, 2.75) is 17.7 Å². The lowest BCUT2D eigenvalue weighted by Crippen LogP contribution is -2.30. The predicted octanol–water partition coefficient (Wildman–Crippen LogP) is 2.99. The molecule has 1 fully saturated rings. The monoisotopic (exact) mass is 377 g/mol. The largest absolute Gasteiger partial charge is 0.490 e. The lowest BCUT2D eigenvalue weighted by atomic mass is 9.99. The Hall–Kier alpha value is -2.12. The molecule has 2 aliphatic rings. The highest BCUT2D eigenvalue weighted by molar-refractivity contribution is 7.91. The van der Waals surface area contributed by atoms with Crippen LogP contribution in [-0.4, -0.2) is 34.1 Å². The van der Waals surface area contributed by atoms with Gasteiger partial charge in [0.05, 0.1) is 6.61 Å². The SMILES string of the molecule is O=S1(=O)COc2cc(-c3ccc(OCC4CCNCC4)c(F)c3)ccc21. The molecular weight excluding hydrogens is 357 g/mol. The van der Waals surface area contributed by atoms with Crippen molar-refractivity contribution in [1.29, 1.82) is 0 Å². The van der Waals surface area contributed by atoms with Crippen LogP contribution in [0.15, 0.2) is 41.3 Å². The number of rotatable bonds is 4. The Kier molecular flexibility index (Phi) is 4.58. The van der Waals surface area contributed by atoms with Gasteiger partial charge in [-0.2, -0.15) is 0 Å². The van der Waals surface area contributed by atoms with Crippen molar-refractivity contribution < 1.29 is 22.3 Å². The zero-order valence-electron chi connectivity index (χ0n) is 14.2. The molecule has 0 radical (unpaired) electrons. The number of fused-ring (bicyclic) bond motifs is 1. The first kappa shape index (κ1) is 17.3. The van der Waals surface area contributed by atoms with Crippen molar-refractivity contribution in [2.24, 2.45) is 5.92 Å². The van der Waals surface area contributed by atoms with Crippen molar-refractivity contribution in [1.82, 2.24) is 5.32 Å². The van der Waals surface area contributed by atoms with Gasteiger partial charge in [0.1, 0.15) is 10.6 Å². The van der Waals surface area contributed by atoms with Crippen LogP contribution >= 0.6 is 0 Å². The second kappa shape index (κ2) is 6.89. The fraction of sp³-hybridized carbons (Fsp3) is 0.368. The summed E-state index contributed by atoms with van der Waals surface area (Å²) in [6, 6.07) is 9.59. The normalized spacial score (nSPS) is 19.0. The summed E-state index contributed by atoms with van der Waals surface area (Å²) in [6.07, 6.45) is 2.08. The fourth-order valence-electron chi connectivity index (χ4n) is 3.32. The number of hydrogen-bond donors (Lipinski definition) is 1. The number of benzene rings is 2. The summed E-state index contributed by atoms with van der Waals surface area (Å²) in [5, 5.41) is 3.30. The summed E-state index contributed by atoms with van der Waals surface area (Å²) in [6.45, 7) is 2.47. The molecule has 0 amide bonds. The van der Waals surface area contributed by atoms with E-state index < -0.39 is 15.7 Å². The maximum absolute atomic E-state index is 14.4. The standard InChI is InChI=1S/C19H20FNO4S/c20-16-9-14(1-3-17(16)24-11-13-5-7-21-8-6-13)15-2-4-19-18(10-15)25-12-26(19,22)23/h1-4,9-10,13,21H,5-8,11-12H2. The molecule has 2 aromatic carbocycles. The lowest BCUT2D eigenvalue weighted by Gasteiger charge is -2.22. The molecule has 2 heterocycles. The second-order valence-corrected chi connectivity index (χ2v) is 8.59. The van der Waals surface area contributed by atoms with Gasteiger partial charge in [-0.1, -0.05) is 12.1 Å². The van der Waals surface area contributed by atoms with Gasteiger partial charge in [-0.15, -0.1) is 0 Å². The second-order valence-electron chi connectivity index (χ2n) is 6.69. The molecule has 0 spiro atoms. The number of ether oxygens (including phenoxy) is 2. The molecule has 7 heteroatoms. The van der Waals surface area contributed by atoms with E-state index in [1.54, 1.807) is 24.3 Å². The average Bonchev–Trinajstić information content (AvgIpc) is 2.96. The van der Waals surface area contributed by atoms with Crippen molar-refractivity contribution in [3.8, 4) is 22.6 Å². The Balaban J connectivity index is 1.51. The molecular formula is C19H20FNO4S. The van der Waals surface area contributed by atoms with Crippen LogP contribution in [0.25, 0.3) is 11.1 Å². The van der Waals surface area contributed by atoms with E-state index in [0.717, 1.165) is 25.9 Å². The van der Waals surface area contributed by atoms with Crippen LogP contribution in [0.2, 0.25) is 0 Å². The number of halogens is 1. The maximum atomic E-state index is 14.4. The number of hydrogen-bond acceptors (Lipinski definition) is 5. The first-order valence-electron chi connectivity index (χ1n) is 8.66. The van der Waals surface area contributed by atoms with E-state index >= 15 is 0 Å². The summed E-state index contributed by atoms with van der Waals surface area (Å²) >= 11 is 0. The van der Waals surface area contributed by atoms with E-state index in [9.17, 15) is 12.8 Å². The Bertz CT molecular complexity index is 923. The Morgan fingerprint density at radius 1 is 1.12 bits per heavy atom. The molecule has 0 unspecified atom stereocenters. The average molecular weight is 377 g/mol. The molecule has 0 aromatic heterocycles. The van der Waals surface area contributed by atoms with Gasteiger partial charge in [-0.25, -0.2) is 12.8 Å². The third kappa shape index (κ3) is 3.41. The molecule has 0 atom stereocenters. The fourth-order valence-corrected chi connectivity index (χ4v) is 4.42. The highest BCUT2D eigenvalue weighted by Gasteiger charge is 2.28. The van der Waals surface area contributed by atoms with Crippen LogP contribution < -0.4 is 14.8 Å². The van der Waals surface area contributed by atoms with E-state index in [4.69, 9.17) is 9.47 Å². The first-order chi connectivity index (χ1) is 12.5. The Labute approximate surface area is 152 Å². The summed E-state index contributed by atoms with van der Waals surface area (Å²) < 4.78 is 48.9. The van der Waals surface area contributed by atoms with E-state index in [1.807, 2.05) is 0 Å². The molecule has 0 saturated carbocycles. The Morgan fingerprint density at radius 2 is 1.85 bits per heavy atom. The van der Waals surface area contributed by atoms with E-state index in [1.165, 1.54) is 12.1 Å². The van der Waals surface area contributed by atoms with Gasteiger partial charge in [-0.3, -0.25) is 0 Å². The predicted molar refractivity (Wildman–Crippen MR) is 95.6 cm³/mol. The minimum atomic E-state index is -3.36. The first-order valence-corrected chi connectivity index (χ1v) is 10.3. The van der Waals surface area contributed by atoms with Gasteiger partial charge < -0.3 is 14.8 Å². The molecule has 138 valence electrons. The zero-order valence-corrected chi connectivity index (χ0v) is 15.0. The summed E-state index contributed by atoms with van der Waals surface area (Å²) in [7, 11) is -3.36. The Morgan fingerprint density at radius 3 is 2.62 bits per heavy atom. The molecule has 4 rings (SSSR count). The third-order valence-corrected chi connectivity index (χ3v) is 6.28. The molecule has 5 nitrogen and oxygen atoms in total.